The number of hydrogen-bond acceptors (Lipinski definition) is 3. The maximum Gasteiger partial charge on any atom is 0.151 e. The molecule has 0 bridgehead atoms. The number of aldehydes is 1. The number of hydrogen-bond donors (Lipinski definition) is 0. The summed E-state index contributed by atoms with van der Waals surface area (Å²) in [5.74, 6) is 5.35. The third-order valence-corrected chi connectivity index (χ3v) is 1.34. The molecule has 0 aliphatic rings. The Morgan fingerprint density at radius 1 is 1.64 bits per heavy atom. The van der Waals surface area contributed by atoms with Gasteiger partial charge in [-0.2, -0.15) is 0 Å². The second kappa shape index (κ2) is 5.36. The Morgan fingerprint density at radius 2 is 2.50 bits per heavy atom. The van der Waals surface area contributed by atoms with E-state index < -0.39 is 0 Å². The van der Waals surface area contributed by atoms with Crippen molar-refractivity contribution in [3.05, 3.63) is 40.0 Å². The average Bonchev–Trinajstić information content (AvgIpc) is 2.25. The molecule has 0 aliphatic heterocycles. The lowest BCUT2D eigenvalue weighted by atomic mass is 10.2. The van der Waals surface area contributed by atoms with Crippen LogP contribution in [0.5, 0.6) is 0 Å². The highest BCUT2D eigenvalue weighted by Crippen LogP contribution is 1.97. The van der Waals surface area contributed by atoms with Gasteiger partial charge in [0.2, 0.25) is 0 Å². The summed E-state index contributed by atoms with van der Waals surface area (Å²) in [7, 11) is 0. The number of nitrogens with zero attached hydrogens (tertiary/aromatic N) is 4. The molecule has 0 aliphatic carbocycles. The van der Waals surface area contributed by atoms with Crippen molar-refractivity contribution in [2.45, 2.75) is 0 Å². The summed E-state index contributed by atoms with van der Waals surface area (Å²) in [4.78, 5) is 16.7. The van der Waals surface area contributed by atoms with Gasteiger partial charge >= 0.3 is 0 Å². The SMILES string of the molecule is [N-]=[N+]=NCC#Cc1cncc(C=O)c1. The van der Waals surface area contributed by atoms with Gasteiger partial charge in [-0.1, -0.05) is 17.0 Å². The molecule has 0 unspecified atom stereocenters. The van der Waals surface area contributed by atoms with Crippen molar-refractivity contribution in [1.29, 1.82) is 0 Å². The monoisotopic (exact) mass is 186 g/mol. The van der Waals surface area contributed by atoms with E-state index in [2.05, 4.69) is 26.9 Å². The Morgan fingerprint density at radius 3 is 3.21 bits per heavy atom. The highest BCUT2D eigenvalue weighted by molar-refractivity contribution is 5.74. The number of rotatable bonds is 2. The highest BCUT2D eigenvalue weighted by atomic mass is 16.1. The first-order valence-corrected chi connectivity index (χ1v) is 3.77. The van der Waals surface area contributed by atoms with E-state index in [0.29, 0.717) is 17.4 Å². The molecular weight excluding hydrogens is 180 g/mol. The van der Waals surface area contributed by atoms with E-state index in [1.54, 1.807) is 6.07 Å². The highest BCUT2D eigenvalue weighted by Gasteiger charge is 1.90. The fraction of sp³-hybridized carbons (Fsp3) is 0.111. The Hall–Kier alpha value is -2.31. The molecule has 0 spiro atoms. The van der Waals surface area contributed by atoms with Crippen molar-refractivity contribution in [1.82, 2.24) is 4.98 Å². The zero-order valence-corrected chi connectivity index (χ0v) is 7.21. The van der Waals surface area contributed by atoms with E-state index in [1.807, 2.05) is 0 Å². The maximum atomic E-state index is 10.4. The Balaban J connectivity index is 2.78. The fourth-order valence-electron chi connectivity index (χ4n) is 0.799. The van der Waals surface area contributed by atoms with E-state index in [0.717, 1.165) is 0 Å². The third-order valence-electron chi connectivity index (χ3n) is 1.34. The molecule has 68 valence electrons. The van der Waals surface area contributed by atoms with E-state index in [4.69, 9.17) is 5.53 Å². The summed E-state index contributed by atoms with van der Waals surface area (Å²) in [5.41, 5.74) is 9.08. The Labute approximate surface area is 80.4 Å². The van der Waals surface area contributed by atoms with Gasteiger partial charge in [-0.15, -0.1) is 0 Å². The van der Waals surface area contributed by atoms with Crippen LogP contribution in [-0.4, -0.2) is 17.8 Å². The zero-order valence-electron chi connectivity index (χ0n) is 7.21. The molecule has 1 rings (SSSR count). The van der Waals surface area contributed by atoms with Crippen LogP contribution in [0.4, 0.5) is 0 Å². The molecule has 0 saturated heterocycles. The molecule has 1 heterocycles. The van der Waals surface area contributed by atoms with E-state index in [9.17, 15) is 4.79 Å². The normalized spacial score (nSPS) is 8.00. The van der Waals surface area contributed by atoms with E-state index in [-0.39, 0.29) is 6.54 Å². The van der Waals surface area contributed by atoms with Crippen molar-refractivity contribution in [2.24, 2.45) is 5.11 Å². The summed E-state index contributed by atoms with van der Waals surface area (Å²) in [6.07, 6.45) is 3.69. The second-order valence-electron chi connectivity index (χ2n) is 2.32. The maximum absolute atomic E-state index is 10.4. The largest absolute Gasteiger partial charge is 0.298 e. The minimum atomic E-state index is 0.113. The third kappa shape index (κ3) is 2.97. The molecule has 0 radical (unpaired) electrons. The Kier molecular flexibility index (Phi) is 3.74. The van der Waals surface area contributed by atoms with Crippen LogP contribution in [0.25, 0.3) is 10.4 Å². The van der Waals surface area contributed by atoms with Crippen LogP contribution in [0.3, 0.4) is 0 Å². The molecule has 5 nitrogen and oxygen atoms in total. The summed E-state index contributed by atoms with van der Waals surface area (Å²) in [5, 5.41) is 3.25. The van der Waals surface area contributed by atoms with Crippen LogP contribution in [0, 0.1) is 11.8 Å². The standard InChI is InChI=1S/C9H6N4O/c10-13-12-3-1-2-8-4-9(7-14)6-11-5-8/h4-7H,3H2. The molecule has 0 fully saturated rings. The van der Waals surface area contributed by atoms with Crippen LogP contribution in [0.2, 0.25) is 0 Å². The topological polar surface area (TPSA) is 78.7 Å². The number of pyridine rings is 1. The smallest absolute Gasteiger partial charge is 0.151 e. The minimum Gasteiger partial charge on any atom is -0.298 e. The van der Waals surface area contributed by atoms with Gasteiger partial charge in [0, 0.05) is 28.4 Å². The van der Waals surface area contributed by atoms with Gasteiger partial charge in [0.25, 0.3) is 0 Å². The van der Waals surface area contributed by atoms with Crippen molar-refractivity contribution in [3.63, 3.8) is 0 Å². The van der Waals surface area contributed by atoms with Gasteiger partial charge in [0.15, 0.2) is 6.29 Å². The van der Waals surface area contributed by atoms with Crippen molar-refractivity contribution < 1.29 is 4.79 Å². The molecule has 14 heavy (non-hydrogen) atoms. The van der Waals surface area contributed by atoms with E-state index in [1.165, 1.54) is 12.4 Å². The lowest BCUT2D eigenvalue weighted by Gasteiger charge is -1.89. The van der Waals surface area contributed by atoms with E-state index >= 15 is 0 Å². The van der Waals surface area contributed by atoms with Crippen LogP contribution in [-0.2, 0) is 0 Å². The molecule has 0 saturated carbocycles. The predicted octanol–water partition coefficient (Wildman–Crippen LogP) is 1.56. The lowest BCUT2D eigenvalue weighted by Crippen LogP contribution is -1.84. The molecule has 0 atom stereocenters. The predicted molar refractivity (Wildman–Crippen MR) is 50.5 cm³/mol. The molecule has 0 N–H and O–H groups in total. The first kappa shape index (κ1) is 9.78. The summed E-state index contributed by atoms with van der Waals surface area (Å²) in [6, 6.07) is 1.61. The summed E-state index contributed by atoms with van der Waals surface area (Å²) < 4.78 is 0. The fourth-order valence-corrected chi connectivity index (χ4v) is 0.799. The summed E-state index contributed by atoms with van der Waals surface area (Å²) >= 11 is 0. The van der Waals surface area contributed by atoms with Crippen molar-refractivity contribution >= 4 is 6.29 Å². The van der Waals surface area contributed by atoms with Crippen molar-refractivity contribution in [2.75, 3.05) is 6.54 Å². The summed E-state index contributed by atoms with van der Waals surface area (Å²) in [6.45, 7) is 0.113. The molecule has 0 amide bonds. The second-order valence-corrected chi connectivity index (χ2v) is 2.32. The van der Waals surface area contributed by atoms with Gasteiger partial charge in [-0.25, -0.2) is 0 Å². The lowest BCUT2D eigenvalue weighted by molar-refractivity contribution is 0.112. The van der Waals surface area contributed by atoms with Crippen molar-refractivity contribution in [3.8, 4) is 11.8 Å². The number of carbonyl (C=O) groups excluding carboxylic acids is 1. The van der Waals surface area contributed by atoms with Crippen LogP contribution < -0.4 is 0 Å². The quantitative estimate of drug-likeness (QED) is 0.231. The van der Waals surface area contributed by atoms with Crippen LogP contribution in [0.15, 0.2) is 23.6 Å². The van der Waals surface area contributed by atoms with Crippen LogP contribution in [0.1, 0.15) is 15.9 Å². The molecule has 1 aromatic heterocycles. The average molecular weight is 186 g/mol. The minimum absolute atomic E-state index is 0.113. The molecular formula is C9H6N4O. The molecule has 5 heteroatoms. The van der Waals surface area contributed by atoms with Gasteiger partial charge in [0.1, 0.15) is 0 Å². The molecule has 0 aromatic carbocycles. The zero-order chi connectivity index (χ0) is 10.2. The number of aromatic nitrogens is 1. The number of carbonyl (C=O) groups is 1. The van der Waals surface area contributed by atoms with Gasteiger partial charge < -0.3 is 0 Å². The first-order valence-electron chi connectivity index (χ1n) is 3.77. The van der Waals surface area contributed by atoms with Crippen LogP contribution >= 0.6 is 0 Å². The Bertz CT molecular complexity index is 438. The van der Waals surface area contributed by atoms with Gasteiger partial charge in [-0.05, 0) is 11.6 Å². The first-order chi connectivity index (χ1) is 6.86. The number of azide groups is 1. The van der Waals surface area contributed by atoms with Gasteiger partial charge in [-0.3, -0.25) is 9.78 Å². The molecule has 1 aromatic rings. The van der Waals surface area contributed by atoms with Gasteiger partial charge in [0.05, 0.1) is 6.54 Å².